The van der Waals surface area contributed by atoms with E-state index in [1.165, 1.54) is 12.1 Å². The maximum Gasteiger partial charge on any atom is 0.150 e. The van der Waals surface area contributed by atoms with Gasteiger partial charge in [-0.3, -0.25) is 0 Å². The van der Waals surface area contributed by atoms with Crippen LogP contribution in [0.4, 0.5) is 8.78 Å². The van der Waals surface area contributed by atoms with E-state index < -0.39 is 21.5 Å². The van der Waals surface area contributed by atoms with Gasteiger partial charge < -0.3 is 5.32 Å². The predicted molar refractivity (Wildman–Crippen MR) is 71.7 cm³/mol. The van der Waals surface area contributed by atoms with Gasteiger partial charge in [0.1, 0.15) is 21.5 Å². The van der Waals surface area contributed by atoms with Gasteiger partial charge in [0, 0.05) is 17.9 Å². The lowest BCUT2D eigenvalue weighted by molar-refractivity contribution is 0.520. The van der Waals surface area contributed by atoms with E-state index in [2.05, 4.69) is 5.32 Å². The Labute approximate surface area is 112 Å². The second-order valence-corrected chi connectivity index (χ2v) is 6.90. The summed E-state index contributed by atoms with van der Waals surface area (Å²) >= 11 is 0. The first-order valence-corrected chi connectivity index (χ1v) is 8.03. The summed E-state index contributed by atoms with van der Waals surface area (Å²) < 4.78 is 49.0. The summed E-state index contributed by atoms with van der Waals surface area (Å²) in [6, 6.07) is 3.09. The van der Waals surface area contributed by atoms with Crippen LogP contribution in [0.15, 0.2) is 18.2 Å². The molecule has 0 heterocycles. The highest BCUT2D eigenvalue weighted by Gasteiger charge is 2.14. The van der Waals surface area contributed by atoms with Crippen molar-refractivity contribution in [2.75, 3.05) is 18.6 Å². The number of rotatable bonds is 7. The van der Waals surface area contributed by atoms with Crippen molar-refractivity contribution < 1.29 is 17.2 Å². The Morgan fingerprint density at radius 3 is 2.26 bits per heavy atom. The molecule has 0 saturated heterocycles. The lowest BCUT2D eigenvalue weighted by atomic mass is 10.0. The number of sulfone groups is 1. The van der Waals surface area contributed by atoms with Crippen LogP contribution in [0.25, 0.3) is 0 Å². The summed E-state index contributed by atoms with van der Waals surface area (Å²) in [7, 11) is -1.32. The standard InChI is InChI=1S/C13H19F2NO2S/c1-3-19(17,18)6-4-5-13(16-2)10-7-11(14)9-12(15)8-10/h7-9,13,16H,3-6H2,1-2H3. The van der Waals surface area contributed by atoms with Gasteiger partial charge in [-0.2, -0.15) is 0 Å². The lowest BCUT2D eigenvalue weighted by Gasteiger charge is -2.16. The minimum Gasteiger partial charge on any atom is -0.313 e. The Kier molecular flexibility index (Phi) is 5.87. The molecule has 0 aliphatic carbocycles. The molecule has 108 valence electrons. The second-order valence-electron chi connectivity index (χ2n) is 4.42. The van der Waals surface area contributed by atoms with E-state index in [-0.39, 0.29) is 17.5 Å². The number of nitrogens with one attached hydrogen (secondary N) is 1. The van der Waals surface area contributed by atoms with Crippen molar-refractivity contribution in [3.8, 4) is 0 Å². The SMILES string of the molecule is CCS(=O)(=O)CCCC(NC)c1cc(F)cc(F)c1. The predicted octanol–water partition coefficient (Wildman–Crippen LogP) is 2.44. The van der Waals surface area contributed by atoms with Gasteiger partial charge in [0.2, 0.25) is 0 Å². The van der Waals surface area contributed by atoms with Gasteiger partial charge in [-0.05, 0) is 37.6 Å². The first-order chi connectivity index (χ1) is 8.88. The smallest absolute Gasteiger partial charge is 0.150 e. The van der Waals surface area contributed by atoms with Crippen molar-refractivity contribution in [1.29, 1.82) is 0 Å². The lowest BCUT2D eigenvalue weighted by Crippen LogP contribution is -2.18. The second kappa shape index (κ2) is 6.96. The maximum absolute atomic E-state index is 13.1. The van der Waals surface area contributed by atoms with Crippen LogP contribution in [0, 0.1) is 11.6 Å². The third kappa shape index (κ3) is 5.24. The summed E-state index contributed by atoms with van der Waals surface area (Å²) in [5.74, 6) is -1.04. The average Bonchev–Trinajstić information content (AvgIpc) is 2.33. The molecule has 0 amide bonds. The molecule has 1 rings (SSSR count). The molecule has 0 saturated carbocycles. The van der Waals surface area contributed by atoms with Gasteiger partial charge >= 0.3 is 0 Å². The van der Waals surface area contributed by atoms with E-state index in [0.29, 0.717) is 18.4 Å². The number of benzene rings is 1. The van der Waals surface area contributed by atoms with Crippen LogP contribution in [0.1, 0.15) is 31.4 Å². The van der Waals surface area contributed by atoms with Gasteiger partial charge in [-0.1, -0.05) is 6.92 Å². The fourth-order valence-corrected chi connectivity index (χ4v) is 2.80. The Morgan fingerprint density at radius 1 is 1.21 bits per heavy atom. The minimum absolute atomic E-state index is 0.0967. The van der Waals surface area contributed by atoms with Crippen LogP contribution < -0.4 is 5.32 Å². The van der Waals surface area contributed by atoms with Gasteiger partial charge in [-0.15, -0.1) is 0 Å². The van der Waals surface area contributed by atoms with E-state index >= 15 is 0 Å². The normalized spacial score (nSPS) is 13.5. The van der Waals surface area contributed by atoms with Crippen molar-refractivity contribution >= 4 is 9.84 Å². The number of hydrogen-bond acceptors (Lipinski definition) is 3. The molecule has 1 unspecified atom stereocenters. The van der Waals surface area contributed by atoms with Crippen LogP contribution in [0.3, 0.4) is 0 Å². The molecule has 1 atom stereocenters. The molecule has 0 radical (unpaired) electrons. The fourth-order valence-electron chi connectivity index (χ4n) is 1.91. The molecule has 1 aromatic rings. The molecule has 1 aromatic carbocycles. The molecule has 0 bridgehead atoms. The Balaban J connectivity index is 2.68. The van der Waals surface area contributed by atoms with Crippen LogP contribution in [-0.4, -0.2) is 27.0 Å². The summed E-state index contributed by atoms with van der Waals surface area (Å²) in [6.07, 6.45) is 0.971. The maximum atomic E-state index is 13.1. The molecule has 0 fully saturated rings. The van der Waals surface area contributed by atoms with Crippen LogP contribution in [0.5, 0.6) is 0 Å². The van der Waals surface area contributed by atoms with Crippen LogP contribution >= 0.6 is 0 Å². The van der Waals surface area contributed by atoms with Gasteiger partial charge in [-0.25, -0.2) is 17.2 Å². The quantitative estimate of drug-likeness (QED) is 0.839. The Hall–Kier alpha value is -1.01. The van der Waals surface area contributed by atoms with Crippen molar-refractivity contribution in [3.63, 3.8) is 0 Å². The average molecular weight is 291 g/mol. The van der Waals surface area contributed by atoms with Crippen LogP contribution in [0.2, 0.25) is 0 Å². The summed E-state index contributed by atoms with van der Waals surface area (Å²) in [6.45, 7) is 1.60. The zero-order valence-electron chi connectivity index (χ0n) is 11.1. The van der Waals surface area contributed by atoms with Gasteiger partial charge in [0.25, 0.3) is 0 Å². The molecule has 0 aromatic heterocycles. The molecule has 1 N–H and O–H groups in total. The highest BCUT2D eigenvalue weighted by molar-refractivity contribution is 7.91. The molecular weight excluding hydrogens is 272 g/mol. The molecule has 3 nitrogen and oxygen atoms in total. The Bertz CT molecular complexity index is 497. The van der Waals surface area contributed by atoms with Crippen molar-refractivity contribution in [1.82, 2.24) is 5.32 Å². The third-order valence-electron chi connectivity index (χ3n) is 3.02. The van der Waals surface area contributed by atoms with Crippen molar-refractivity contribution in [3.05, 3.63) is 35.4 Å². The molecule has 6 heteroatoms. The van der Waals surface area contributed by atoms with Gasteiger partial charge in [0.05, 0.1) is 5.75 Å². The molecule has 0 spiro atoms. The van der Waals surface area contributed by atoms with E-state index in [9.17, 15) is 17.2 Å². The monoisotopic (exact) mass is 291 g/mol. The zero-order valence-corrected chi connectivity index (χ0v) is 11.9. The Morgan fingerprint density at radius 2 is 1.79 bits per heavy atom. The molecular formula is C13H19F2NO2S. The largest absolute Gasteiger partial charge is 0.313 e. The highest BCUT2D eigenvalue weighted by Crippen LogP contribution is 2.20. The molecule has 0 aliphatic heterocycles. The van der Waals surface area contributed by atoms with E-state index in [1.807, 2.05) is 0 Å². The summed E-state index contributed by atoms with van der Waals surface area (Å²) in [5.41, 5.74) is 0.494. The highest BCUT2D eigenvalue weighted by atomic mass is 32.2. The topological polar surface area (TPSA) is 46.2 Å². The van der Waals surface area contributed by atoms with E-state index in [4.69, 9.17) is 0 Å². The number of halogens is 2. The van der Waals surface area contributed by atoms with Gasteiger partial charge in [0.15, 0.2) is 0 Å². The first-order valence-electron chi connectivity index (χ1n) is 6.21. The zero-order chi connectivity index (χ0) is 14.5. The van der Waals surface area contributed by atoms with Crippen LogP contribution in [-0.2, 0) is 9.84 Å². The summed E-state index contributed by atoms with van der Waals surface area (Å²) in [5, 5.41) is 2.95. The van der Waals surface area contributed by atoms with Crippen molar-refractivity contribution in [2.24, 2.45) is 0 Å². The number of hydrogen-bond donors (Lipinski definition) is 1. The van der Waals surface area contributed by atoms with E-state index in [1.54, 1.807) is 14.0 Å². The van der Waals surface area contributed by atoms with E-state index in [0.717, 1.165) is 6.07 Å². The van der Waals surface area contributed by atoms with Crippen molar-refractivity contribution in [2.45, 2.75) is 25.8 Å². The third-order valence-corrected chi connectivity index (χ3v) is 4.81. The fraction of sp³-hybridized carbons (Fsp3) is 0.538. The molecule has 19 heavy (non-hydrogen) atoms. The first kappa shape index (κ1) is 16.0. The molecule has 0 aliphatic rings. The minimum atomic E-state index is -3.00. The summed E-state index contributed by atoms with van der Waals surface area (Å²) in [4.78, 5) is 0.